The van der Waals surface area contributed by atoms with Crippen molar-refractivity contribution in [3.8, 4) is 85.0 Å². The van der Waals surface area contributed by atoms with Crippen LogP contribution in [0.5, 0.6) is 28.7 Å². The molecule has 10 aromatic rings. The van der Waals surface area contributed by atoms with Gasteiger partial charge < -0.3 is 52.9 Å². The summed E-state index contributed by atoms with van der Waals surface area (Å²) in [7, 11) is 12.7. The summed E-state index contributed by atoms with van der Waals surface area (Å²) >= 11 is 0. The molecule has 720 valence electrons. The molecule has 3 aliphatic rings. The Bertz CT molecular complexity index is 4750. The van der Waals surface area contributed by atoms with Crippen LogP contribution >= 0.6 is 0 Å². The number of ether oxygens (including phenoxy) is 6. The quantitative estimate of drug-likeness (QED) is 0.0354. The predicted octanol–water partition coefficient (Wildman–Crippen LogP) is 25.9. The zero-order valence-corrected chi connectivity index (χ0v) is 85.0. The third-order valence-corrected chi connectivity index (χ3v) is 24.3. The van der Waals surface area contributed by atoms with Gasteiger partial charge in [0.05, 0.1) is 103 Å². The third-order valence-electron chi connectivity index (χ3n) is 24.3. The van der Waals surface area contributed by atoms with Crippen molar-refractivity contribution in [2.75, 3.05) is 81.7 Å². The molecule has 5 aromatic carbocycles. The molecule has 0 radical (unpaired) electrons. The van der Waals surface area contributed by atoms with E-state index in [9.17, 15) is 0 Å². The molecular formula is C110H169N15O6. The Labute approximate surface area is 790 Å². The molecule has 0 unspecified atom stereocenters. The van der Waals surface area contributed by atoms with E-state index in [4.69, 9.17) is 48.8 Å². The van der Waals surface area contributed by atoms with E-state index in [1.165, 1.54) is 203 Å². The molecule has 0 spiro atoms. The molecule has 0 N–H and O–H groups in total. The van der Waals surface area contributed by atoms with Crippen molar-refractivity contribution < 1.29 is 28.4 Å². The van der Waals surface area contributed by atoms with Crippen LogP contribution in [0, 0.1) is 0 Å². The second kappa shape index (κ2) is 56.2. The van der Waals surface area contributed by atoms with Crippen LogP contribution < -0.4 is 23.7 Å². The molecule has 3 aliphatic carbocycles. The molecule has 5 aromatic heterocycles. The largest absolute Gasteiger partial charge is 0.491 e. The van der Waals surface area contributed by atoms with E-state index in [1.807, 2.05) is 62.8 Å². The number of methoxy groups -OCH3 is 1. The Hall–Kier alpha value is -9.09. The number of nitrogens with zero attached hydrogens (tertiary/aromatic N) is 15. The lowest BCUT2D eigenvalue weighted by atomic mass is 9.93. The number of rotatable bonds is 47. The Morgan fingerprint density at radius 1 is 0.328 bits per heavy atom. The zero-order valence-electron chi connectivity index (χ0n) is 85.0. The van der Waals surface area contributed by atoms with E-state index in [2.05, 4.69) is 288 Å². The summed E-state index contributed by atoms with van der Waals surface area (Å²) in [6.07, 6.45) is 39.6. The molecule has 21 nitrogen and oxygen atoms in total. The fourth-order valence-corrected chi connectivity index (χ4v) is 17.2. The highest BCUT2D eigenvalue weighted by Crippen LogP contribution is 2.39. The summed E-state index contributed by atoms with van der Waals surface area (Å²) in [4.78, 5) is 12.0. The summed E-state index contributed by atoms with van der Waals surface area (Å²) in [5, 5.41) is 24.3. The van der Waals surface area contributed by atoms with Crippen LogP contribution in [-0.2, 0) is 50.6 Å². The molecule has 3 fully saturated rings. The van der Waals surface area contributed by atoms with Crippen LogP contribution in [-0.4, -0.2) is 186 Å². The van der Waals surface area contributed by atoms with E-state index in [0.29, 0.717) is 24.7 Å². The lowest BCUT2D eigenvalue weighted by Gasteiger charge is -2.25. The Balaban J connectivity index is 0.000000185. The van der Waals surface area contributed by atoms with Crippen LogP contribution in [0.15, 0.2) is 152 Å². The monoisotopic (exact) mass is 1800 g/mol. The molecule has 0 aliphatic heterocycles. The average molecular weight is 1800 g/mol. The van der Waals surface area contributed by atoms with Crippen LogP contribution in [0.3, 0.4) is 0 Å². The number of unbranched alkanes of at least 4 members (excludes halogenated alkanes) is 5. The molecule has 0 amide bonds. The number of aromatic nitrogens is 10. The lowest BCUT2D eigenvalue weighted by Crippen LogP contribution is -2.19. The Kier molecular flexibility index (Phi) is 45.3. The third kappa shape index (κ3) is 34.7. The first-order chi connectivity index (χ1) is 63.3. The number of hydrogen-bond acceptors (Lipinski definition) is 16. The standard InChI is InChI=1S/C24H37N3O.C23H35N3O.C22H33N3O.C21H33N3O2.C20H31N3O/c1-5-6-16-26(4)17-21-18-27(22-10-8-7-9-11-22)25-24(21)20-12-14-23(15-13-20)28-19(2)3;1-5-6-15-25(4)17-20-16-24-26(21-9-7-8-10-21)23(20)19-11-13-22(14-12-19)27-18(2)3;1-5-6-14-24(4)15-19-16-25(20-8-7-9-20)23-22(19)18-10-12-21(13-11-18)26-17(2)3;1-6-7-12-23(4)15-19-16-24(13-14-25-5)22-21(19)18-8-10-20(11-9-18)26-17(2)3;1-6-8-13-22(5)15-18-14-21-23(7-2)20(18)17-9-11-19(12-10-17)24-16(3)4/h12-15,18-19,22H,5-11,16-17H2,1-4H3;11-14,16,18,21H,5-10,15,17H2,1-4H3;10-13,16-17,20H,5-9,14-15H2,1-4H3;8-11,16-17H,6-7,12-15H2,1-5H3;9-12,14,16H,6-8,13,15H2,1-5H3. The minimum Gasteiger partial charge on any atom is -0.491 e. The molecule has 3 saturated carbocycles. The fourth-order valence-electron chi connectivity index (χ4n) is 17.2. The van der Waals surface area contributed by atoms with Gasteiger partial charge in [-0.25, -0.2) is 0 Å². The summed E-state index contributed by atoms with van der Waals surface area (Å²) in [5.74, 6) is 4.58. The molecule has 131 heavy (non-hydrogen) atoms. The van der Waals surface area contributed by atoms with Crippen molar-refractivity contribution in [2.24, 2.45) is 0 Å². The second-order valence-electron chi connectivity index (χ2n) is 38.2. The maximum Gasteiger partial charge on any atom is 0.119 e. The molecule has 0 atom stereocenters. The van der Waals surface area contributed by atoms with Gasteiger partial charge in [0.1, 0.15) is 28.7 Å². The predicted molar refractivity (Wildman–Crippen MR) is 543 cm³/mol. The first-order valence-corrected chi connectivity index (χ1v) is 50.4. The van der Waals surface area contributed by atoms with Gasteiger partial charge in [-0.2, -0.15) is 25.5 Å². The number of benzene rings is 5. The Morgan fingerprint density at radius 3 is 0.939 bits per heavy atom. The average Bonchev–Trinajstić information content (AvgIpc) is 1.66. The summed E-state index contributed by atoms with van der Waals surface area (Å²) in [5.41, 5.74) is 18.3. The van der Waals surface area contributed by atoms with Crippen molar-refractivity contribution >= 4 is 0 Å². The molecule has 0 saturated heterocycles. The normalized spacial score (nSPS) is 13.8. The highest BCUT2D eigenvalue weighted by atomic mass is 16.5. The number of hydrogen-bond donors (Lipinski definition) is 0. The van der Waals surface area contributed by atoms with Crippen molar-refractivity contribution in [3.05, 3.63) is 180 Å². The first-order valence-electron chi connectivity index (χ1n) is 50.4. The van der Waals surface area contributed by atoms with Crippen molar-refractivity contribution in [2.45, 2.75) is 346 Å². The van der Waals surface area contributed by atoms with Gasteiger partial charge in [-0.3, -0.25) is 23.4 Å². The SMILES string of the molecule is CCCCN(C)Cc1cn(C2CCC2)nc1-c1ccc(OC(C)C)cc1.CCCCN(C)Cc1cn(C2CCCCC2)nc1-c1ccc(OC(C)C)cc1.CCCCN(C)Cc1cn(CCOC)nc1-c1ccc(OC(C)C)cc1.CCCCN(C)Cc1cnn(C2CCCC2)c1-c1ccc(OC(C)C)cc1.CCCCN(C)Cc1cnn(CC)c1-c1ccc(OC(C)C)cc1. The minimum atomic E-state index is 0.178. The molecule has 13 rings (SSSR count). The van der Waals surface area contributed by atoms with Crippen molar-refractivity contribution in [1.29, 1.82) is 0 Å². The summed E-state index contributed by atoms with van der Waals surface area (Å²) in [6.45, 7) is 46.4. The van der Waals surface area contributed by atoms with Gasteiger partial charge in [-0.15, -0.1) is 0 Å². The van der Waals surface area contributed by atoms with E-state index in [-0.39, 0.29) is 30.5 Å². The van der Waals surface area contributed by atoms with Crippen LogP contribution in [0.1, 0.15) is 298 Å². The summed E-state index contributed by atoms with van der Waals surface area (Å²) in [6, 6.07) is 43.7. The minimum absolute atomic E-state index is 0.178. The molecule has 5 heterocycles. The van der Waals surface area contributed by atoms with Gasteiger partial charge >= 0.3 is 0 Å². The van der Waals surface area contributed by atoms with Gasteiger partial charge in [0.25, 0.3) is 0 Å². The number of aryl methyl sites for hydroxylation is 1. The molecule has 21 heteroatoms. The van der Waals surface area contributed by atoms with Gasteiger partial charge in [-0.1, -0.05) is 98.8 Å². The van der Waals surface area contributed by atoms with E-state index in [1.54, 1.807) is 7.11 Å². The van der Waals surface area contributed by atoms with Gasteiger partial charge in [-0.05, 0) is 343 Å². The van der Waals surface area contributed by atoms with Gasteiger partial charge in [0.2, 0.25) is 0 Å². The maximum atomic E-state index is 5.83. The van der Waals surface area contributed by atoms with Crippen LogP contribution in [0.25, 0.3) is 56.3 Å². The Morgan fingerprint density at radius 2 is 0.618 bits per heavy atom. The van der Waals surface area contributed by atoms with Crippen LogP contribution in [0.4, 0.5) is 0 Å². The lowest BCUT2D eigenvalue weighted by molar-refractivity contribution is 0.183. The van der Waals surface area contributed by atoms with Gasteiger partial charge in [0, 0.05) is 121 Å². The fraction of sp³-hybridized carbons (Fsp3) is 0.591. The van der Waals surface area contributed by atoms with E-state index in [0.717, 1.165) is 130 Å². The topological polar surface area (TPSA) is 161 Å². The highest BCUT2D eigenvalue weighted by Gasteiger charge is 2.28. The van der Waals surface area contributed by atoms with E-state index < -0.39 is 0 Å². The van der Waals surface area contributed by atoms with E-state index >= 15 is 0 Å². The molecular weight excluding hydrogens is 1630 g/mol. The molecule has 0 bridgehead atoms. The maximum absolute atomic E-state index is 5.83. The summed E-state index contributed by atoms with van der Waals surface area (Å²) < 4.78 is 45.0. The van der Waals surface area contributed by atoms with Crippen LogP contribution in [0.2, 0.25) is 0 Å². The smallest absolute Gasteiger partial charge is 0.119 e. The second-order valence-corrected chi connectivity index (χ2v) is 38.2. The first kappa shape index (κ1) is 106. The van der Waals surface area contributed by atoms with Crippen molar-refractivity contribution in [1.82, 2.24) is 73.4 Å². The highest BCUT2D eigenvalue weighted by molar-refractivity contribution is 5.68. The van der Waals surface area contributed by atoms with Gasteiger partial charge in [0.15, 0.2) is 0 Å². The van der Waals surface area contributed by atoms with Crippen molar-refractivity contribution in [3.63, 3.8) is 0 Å². The zero-order chi connectivity index (χ0) is 94.1.